The molecule has 0 saturated carbocycles. The van der Waals surface area contributed by atoms with Crippen LogP contribution in [0.3, 0.4) is 0 Å². The first kappa shape index (κ1) is 10.5. The molecule has 0 aliphatic rings. The largest absolute Gasteiger partial charge is 0.313 e. The van der Waals surface area contributed by atoms with E-state index >= 15 is 0 Å². The van der Waals surface area contributed by atoms with Crippen LogP contribution in [0.4, 0.5) is 5.69 Å². The van der Waals surface area contributed by atoms with Crippen LogP contribution in [0.15, 0.2) is 23.3 Å². The lowest BCUT2D eigenvalue weighted by Crippen LogP contribution is -1.96. The normalized spacial score (nSPS) is 10.4. The molecule has 0 heterocycles. The van der Waals surface area contributed by atoms with E-state index in [1.165, 1.54) is 24.4 Å². The lowest BCUT2D eigenvalue weighted by molar-refractivity contribution is -0.384. The van der Waals surface area contributed by atoms with Gasteiger partial charge in [0.1, 0.15) is 0 Å². The van der Waals surface area contributed by atoms with Gasteiger partial charge in [0.15, 0.2) is 0 Å². The zero-order valence-electron chi connectivity index (χ0n) is 7.40. The Balaban J connectivity index is 3.08. The molecule has 0 fully saturated rings. The van der Waals surface area contributed by atoms with Crippen molar-refractivity contribution in [2.45, 2.75) is 0 Å². The van der Waals surface area contributed by atoms with Crippen molar-refractivity contribution in [1.82, 2.24) is 5.43 Å². The molecule has 0 aromatic heterocycles. The molecule has 0 saturated heterocycles. The van der Waals surface area contributed by atoms with E-state index in [2.05, 4.69) is 10.5 Å². The summed E-state index contributed by atoms with van der Waals surface area (Å²) in [6.07, 6.45) is 1.43. The number of nitrogens with zero attached hydrogens (tertiary/aromatic N) is 2. The number of nitro benzene ring substituents is 1. The van der Waals surface area contributed by atoms with Gasteiger partial charge in [-0.25, -0.2) is 0 Å². The molecule has 5 nitrogen and oxygen atoms in total. The van der Waals surface area contributed by atoms with Crippen LogP contribution in [0.2, 0.25) is 5.02 Å². The van der Waals surface area contributed by atoms with E-state index in [4.69, 9.17) is 11.6 Å². The highest BCUT2D eigenvalue weighted by atomic mass is 35.5. The van der Waals surface area contributed by atoms with Crippen LogP contribution in [0.5, 0.6) is 0 Å². The summed E-state index contributed by atoms with van der Waals surface area (Å²) in [7, 11) is 1.63. The number of nitro groups is 1. The monoisotopic (exact) mass is 213 g/mol. The summed E-state index contributed by atoms with van der Waals surface area (Å²) in [5.41, 5.74) is 3.04. The Hall–Kier alpha value is -1.62. The van der Waals surface area contributed by atoms with Gasteiger partial charge < -0.3 is 5.43 Å². The summed E-state index contributed by atoms with van der Waals surface area (Å²) in [6, 6.07) is 4.18. The van der Waals surface area contributed by atoms with Gasteiger partial charge in [-0.2, -0.15) is 5.10 Å². The van der Waals surface area contributed by atoms with Crippen LogP contribution in [0.1, 0.15) is 5.56 Å². The molecule has 14 heavy (non-hydrogen) atoms. The molecule has 1 rings (SSSR count). The molecule has 0 radical (unpaired) electrons. The Morgan fingerprint density at radius 3 is 2.93 bits per heavy atom. The minimum Gasteiger partial charge on any atom is -0.313 e. The first-order valence-corrected chi connectivity index (χ1v) is 4.16. The van der Waals surface area contributed by atoms with Gasteiger partial charge in [0.05, 0.1) is 11.1 Å². The smallest absolute Gasteiger partial charge is 0.270 e. The molecule has 0 amide bonds. The minimum atomic E-state index is -0.479. The Morgan fingerprint density at radius 1 is 1.64 bits per heavy atom. The summed E-state index contributed by atoms with van der Waals surface area (Å²) >= 11 is 5.80. The minimum absolute atomic E-state index is 0.00745. The van der Waals surface area contributed by atoms with Gasteiger partial charge in [0.2, 0.25) is 0 Å². The number of hydrazone groups is 1. The quantitative estimate of drug-likeness (QED) is 0.473. The van der Waals surface area contributed by atoms with Crippen LogP contribution in [0.25, 0.3) is 0 Å². The Bertz CT molecular complexity index is 379. The summed E-state index contributed by atoms with van der Waals surface area (Å²) in [5.74, 6) is 0. The molecule has 0 spiro atoms. The molecule has 0 aliphatic heterocycles. The Labute approximate surface area is 85.5 Å². The highest BCUT2D eigenvalue weighted by molar-refractivity contribution is 6.33. The molecule has 1 aromatic carbocycles. The average Bonchev–Trinajstić information content (AvgIpc) is 2.16. The fourth-order valence-electron chi connectivity index (χ4n) is 0.878. The van der Waals surface area contributed by atoms with Crippen molar-refractivity contribution in [3.63, 3.8) is 0 Å². The second-order valence-corrected chi connectivity index (χ2v) is 2.85. The van der Waals surface area contributed by atoms with E-state index < -0.39 is 4.92 Å². The fraction of sp³-hybridized carbons (Fsp3) is 0.125. The summed E-state index contributed by atoms with van der Waals surface area (Å²) < 4.78 is 0. The standard InChI is InChI=1S/C8H8ClN3O2/c1-10-11-5-6-4-7(12(13)14)2-3-8(6)9/h2-5,10H,1H3/b11-5-. The Kier molecular flexibility index (Phi) is 3.41. The van der Waals surface area contributed by atoms with Gasteiger partial charge in [0.25, 0.3) is 5.69 Å². The van der Waals surface area contributed by atoms with Crippen molar-refractivity contribution >= 4 is 23.5 Å². The maximum atomic E-state index is 10.4. The van der Waals surface area contributed by atoms with E-state index in [0.29, 0.717) is 10.6 Å². The highest BCUT2D eigenvalue weighted by Gasteiger charge is 2.07. The Morgan fingerprint density at radius 2 is 2.36 bits per heavy atom. The molecular weight excluding hydrogens is 206 g/mol. The van der Waals surface area contributed by atoms with Gasteiger partial charge in [-0.3, -0.25) is 10.1 Å². The summed E-state index contributed by atoms with van der Waals surface area (Å²) in [5, 5.41) is 14.6. The molecular formula is C8H8ClN3O2. The van der Waals surface area contributed by atoms with Crippen LogP contribution in [0, 0.1) is 10.1 Å². The average molecular weight is 214 g/mol. The number of hydrogen-bond acceptors (Lipinski definition) is 4. The molecule has 1 N–H and O–H groups in total. The van der Waals surface area contributed by atoms with Crippen LogP contribution >= 0.6 is 11.6 Å². The molecule has 6 heteroatoms. The van der Waals surface area contributed by atoms with Crippen molar-refractivity contribution in [3.05, 3.63) is 38.9 Å². The third kappa shape index (κ3) is 2.43. The van der Waals surface area contributed by atoms with Gasteiger partial charge in [-0.1, -0.05) is 11.6 Å². The molecule has 0 aliphatic carbocycles. The number of halogens is 1. The van der Waals surface area contributed by atoms with Crippen LogP contribution in [-0.2, 0) is 0 Å². The van der Waals surface area contributed by atoms with Gasteiger partial charge in [-0.15, -0.1) is 0 Å². The summed E-state index contributed by atoms with van der Waals surface area (Å²) in [6.45, 7) is 0. The topological polar surface area (TPSA) is 67.5 Å². The zero-order valence-corrected chi connectivity index (χ0v) is 8.15. The second-order valence-electron chi connectivity index (χ2n) is 2.44. The van der Waals surface area contributed by atoms with Gasteiger partial charge in [-0.05, 0) is 6.07 Å². The van der Waals surface area contributed by atoms with Crippen molar-refractivity contribution in [3.8, 4) is 0 Å². The predicted octanol–water partition coefficient (Wildman–Crippen LogP) is 1.80. The van der Waals surface area contributed by atoms with Crippen molar-refractivity contribution in [1.29, 1.82) is 0 Å². The number of non-ortho nitro benzene ring substituents is 1. The second kappa shape index (κ2) is 4.57. The highest BCUT2D eigenvalue weighted by Crippen LogP contribution is 2.20. The molecule has 0 atom stereocenters. The molecule has 0 unspecified atom stereocenters. The lowest BCUT2D eigenvalue weighted by atomic mass is 10.2. The maximum Gasteiger partial charge on any atom is 0.270 e. The van der Waals surface area contributed by atoms with Gasteiger partial charge >= 0.3 is 0 Å². The van der Waals surface area contributed by atoms with Crippen LogP contribution in [-0.4, -0.2) is 18.2 Å². The molecule has 0 bridgehead atoms. The number of benzene rings is 1. The third-order valence-corrected chi connectivity index (χ3v) is 1.87. The number of nitrogens with one attached hydrogen (secondary N) is 1. The van der Waals surface area contributed by atoms with E-state index in [-0.39, 0.29) is 5.69 Å². The molecule has 74 valence electrons. The first-order chi connectivity index (χ1) is 6.65. The number of hydrogen-bond donors (Lipinski definition) is 1. The van der Waals surface area contributed by atoms with Gasteiger partial charge in [0, 0.05) is 29.8 Å². The van der Waals surface area contributed by atoms with E-state index in [0.717, 1.165) is 0 Å². The fourth-order valence-corrected chi connectivity index (χ4v) is 1.04. The lowest BCUT2D eigenvalue weighted by Gasteiger charge is -1.97. The zero-order chi connectivity index (χ0) is 10.6. The molecule has 1 aromatic rings. The van der Waals surface area contributed by atoms with E-state index in [1.807, 2.05) is 0 Å². The number of rotatable bonds is 3. The predicted molar refractivity (Wildman–Crippen MR) is 54.8 cm³/mol. The van der Waals surface area contributed by atoms with Crippen molar-refractivity contribution < 1.29 is 4.92 Å². The third-order valence-electron chi connectivity index (χ3n) is 1.52. The maximum absolute atomic E-state index is 10.4. The SMILES string of the molecule is CN/N=C\c1cc([N+](=O)[O-])ccc1Cl. The first-order valence-electron chi connectivity index (χ1n) is 3.79. The van der Waals surface area contributed by atoms with Crippen LogP contribution < -0.4 is 5.43 Å². The van der Waals surface area contributed by atoms with Crippen molar-refractivity contribution in [2.24, 2.45) is 5.10 Å². The summed E-state index contributed by atoms with van der Waals surface area (Å²) in [4.78, 5) is 9.96. The van der Waals surface area contributed by atoms with E-state index in [1.54, 1.807) is 7.05 Å². The van der Waals surface area contributed by atoms with Crippen molar-refractivity contribution in [2.75, 3.05) is 7.05 Å². The van der Waals surface area contributed by atoms with E-state index in [9.17, 15) is 10.1 Å².